The molecule has 158 valence electrons. The fourth-order valence-corrected chi connectivity index (χ4v) is 3.38. The van der Waals surface area contributed by atoms with Crippen molar-refractivity contribution in [3.05, 3.63) is 70.1 Å². The molecule has 0 saturated carbocycles. The van der Waals surface area contributed by atoms with Gasteiger partial charge in [-0.05, 0) is 36.8 Å². The molecule has 1 aromatic heterocycles. The van der Waals surface area contributed by atoms with Gasteiger partial charge in [0.05, 0.1) is 11.0 Å². The van der Waals surface area contributed by atoms with Gasteiger partial charge in [-0.2, -0.15) is 0 Å². The fourth-order valence-electron chi connectivity index (χ4n) is 3.38. The zero-order valence-corrected chi connectivity index (χ0v) is 16.6. The number of hydrogen-bond acceptors (Lipinski definition) is 3. The number of hydrogen-bond donors (Lipinski definition) is 2. The molecule has 0 fully saturated rings. The molecule has 30 heavy (non-hydrogen) atoms. The van der Waals surface area contributed by atoms with Gasteiger partial charge in [0.25, 0.3) is 0 Å². The smallest absolute Gasteiger partial charge is 0.329 e. The maximum Gasteiger partial charge on any atom is 0.329 e. The second-order valence-corrected chi connectivity index (χ2v) is 6.71. The molecule has 1 atom stereocenters. The first-order valence-corrected chi connectivity index (χ1v) is 9.51. The van der Waals surface area contributed by atoms with Crippen LogP contribution < -0.4 is 16.3 Å². The normalized spacial score (nSPS) is 12.0. The summed E-state index contributed by atoms with van der Waals surface area (Å²) >= 11 is 0. The van der Waals surface area contributed by atoms with Crippen molar-refractivity contribution < 1.29 is 18.4 Å². The number of aryl methyl sites for hydroxylation is 2. The van der Waals surface area contributed by atoms with Crippen LogP contribution >= 0.6 is 0 Å². The number of carbonyl (C=O) groups excluding carboxylic acids is 2. The Bertz CT molecular complexity index is 1150. The van der Waals surface area contributed by atoms with Gasteiger partial charge in [0, 0.05) is 26.6 Å². The fraction of sp³-hybridized carbons (Fsp3) is 0.286. The van der Waals surface area contributed by atoms with E-state index in [-0.39, 0.29) is 24.2 Å². The second kappa shape index (κ2) is 8.89. The van der Waals surface area contributed by atoms with Gasteiger partial charge in [-0.15, -0.1) is 0 Å². The molecule has 0 aliphatic rings. The molecule has 9 heteroatoms. The van der Waals surface area contributed by atoms with Crippen LogP contribution in [0.3, 0.4) is 0 Å². The average molecular weight is 416 g/mol. The van der Waals surface area contributed by atoms with Crippen LogP contribution in [0.15, 0.2) is 47.3 Å². The third-order valence-corrected chi connectivity index (χ3v) is 4.89. The highest BCUT2D eigenvalue weighted by atomic mass is 19.2. The molecule has 1 unspecified atom stereocenters. The molecule has 1 heterocycles. The van der Waals surface area contributed by atoms with Crippen molar-refractivity contribution in [3.63, 3.8) is 0 Å². The Kier molecular flexibility index (Phi) is 6.29. The van der Waals surface area contributed by atoms with E-state index >= 15 is 0 Å². The topological polar surface area (TPSA) is 85.1 Å². The zero-order chi connectivity index (χ0) is 21.8. The summed E-state index contributed by atoms with van der Waals surface area (Å²) in [6, 6.07) is 9.09. The molecular formula is C21H22F2N4O3. The molecule has 0 saturated heterocycles. The predicted octanol–water partition coefficient (Wildman–Crippen LogP) is 2.09. The van der Waals surface area contributed by atoms with E-state index in [9.17, 15) is 23.2 Å². The van der Waals surface area contributed by atoms with Crippen molar-refractivity contribution in [2.75, 3.05) is 7.05 Å². The minimum absolute atomic E-state index is 0.0746. The first-order chi connectivity index (χ1) is 14.4. The van der Waals surface area contributed by atoms with Gasteiger partial charge < -0.3 is 10.6 Å². The third kappa shape index (κ3) is 4.10. The van der Waals surface area contributed by atoms with Gasteiger partial charge >= 0.3 is 5.69 Å². The van der Waals surface area contributed by atoms with Gasteiger partial charge in [-0.3, -0.25) is 18.7 Å². The summed E-state index contributed by atoms with van der Waals surface area (Å²) in [5, 5.41) is 4.92. The average Bonchev–Trinajstić information content (AvgIpc) is 3.02. The first kappa shape index (κ1) is 21.2. The molecule has 3 rings (SSSR count). The number of halogens is 2. The quantitative estimate of drug-likeness (QED) is 0.619. The van der Waals surface area contributed by atoms with Gasteiger partial charge in [0.1, 0.15) is 6.04 Å². The standard InChI is InChI=1S/C21H22F2N4O3/c1-3-26-16-6-4-5-7-17(16)27(21(26)30)11-10-18(28)25-19(20(29)24-2)13-8-9-14(22)15(23)12-13/h4-9,12,19H,3,10-11H2,1-2H3,(H,24,29)(H,25,28). The van der Waals surface area contributed by atoms with Crippen molar-refractivity contribution >= 4 is 22.8 Å². The van der Waals surface area contributed by atoms with Crippen LogP contribution in [0, 0.1) is 11.6 Å². The molecule has 3 aromatic rings. The van der Waals surface area contributed by atoms with E-state index in [4.69, 9.17) is 0 Å². The number of para-hydroxylation sites is 2. The Morgan fingerprint density at radius 2 is 1.70 bits per heavy atom. The van der Waals surface area contributed by atoms with Gasteiger partial charge in [0.2, 0.25) is 11.8 Å². The summed E-state index contributed by atoms with van der Waals surface area (Å²) in [7, 11) is 1.38. The van der Waals surface area contributed by atoms with E-state index in [1.54, 1.807) is 10.6 Å². The van der Waals surface area contributed by atoms with Crippen molar-refractivity contribution in [1.29, 1.82) is 0 Å². The van der Waals surface area contributed by atoms with Gasteiger partial charge in [0.15, 0.2) is 11.6 Å². The maximum absolute atomic E-state index is 13.6. The van der Waals surface area contributed by atoms with Crippen molar-refractivity contribution in [1.82, 2.24) is 19.8 Å². The number of likely N-dealkylation sites (N-methyl/N-ethyl adjacent to an activating group) is 1. The summed E-state index contributed by atoms with van der Waals surface area (Å²) < 4.78 is 29.9. The molecule has 2 aromatic carbocycles. The van der Waals surface area contributed by atoms with Gasteiger partial charge in [-0.1, -0.05) is 18.2 Å². The van der Waals surface area contributed by atoms with Crippen LogP contribution in [0.2, 0.25) is 0 Å². The zero-order valence-electron chi connectivity index (χ0n) is 16.6. The number of nitrogens with zero attached hydrogens (tertiary/aromatic N) is 2. The number of rotatable bonds is 7. The molecule has 0 radical (unpaired) electrons. The van der Waals surface area contributed by atoms with Crippen LogP contribution in [0.25, 0.3) is 11.0 Å². The summed E-state index contributed by atoms with van der Waals surface area (Å²) in [6.07, 6.45) is -0.0746. The Morgan fingerprint density at radius 3 is 2.30 bits per heavy atom. The van der Waals surface area contributed by atoms with Crippen molar-refractivity contribution in [2.24, 2.45) is 0 Å². The molecule has 7 nitrogen and oxygen atoms in total. The number of carbonyl (C=O) groups is 2. The lowest BCUT2D eigenvalue weighted by Gasteiger charge is -2.18. The third-order valence-electron chi connectivity index (χ3n) is 4.89. The number of amides is 2. The maximum atomic E-state index is 13.6. The van der Waals surface area contributed by atoms with Crippen LogP contribution in [0.1, 0.15) is 24.9 Å². The highest BCUT2D eigenvalue weighted by molar-refractivity contribution is 5.88. The number of aromatic nitrogens is 2. The summed E-state index contributed by atoms with van der Waals surface area (Å²) in [5.74, 6) is -3.25. The van der Waals surface area contributed by atoms with Crippen LogP contribution in [0.5, 0.6) is 0 Å². The molecule has 0 bridgehead atoms. The van der Waals surface area contributed by atoms with E-state index in [0.29, 0.717) is 12.1 Å². The van der Waals surface area contributed by atoms with Crippen molar-refractivity contribution in [3.8, 4) is 0 Å². The molecule has 0 spiro atoms. The number of benzene rings is 2. The van der Waals surface area contributed by atoms with Crippen LogP contribution in [-0.2, 0) is 22.7 Å². The number of imidazole rings is 1. The molecule has 0 aliphatic heterocycles. The van der Waals surface area contributed by atoms with Crippen LogP contribution in [0.4, 0.5) is 8.78 Å². The first-order valence-electron chi connectivity index (χ1n) is 9.51. The number of fused-ring (bicyclic) bond motifs is 1. The summed E-state index contributed by atoms with van der Waals surface area (Å²) in [6.45, 7) is 2.46. The molecule has 2 amide bonds. The largest absolute Gasteiger partial charge is 0.357 e. The van der Waals surface area contributed by atoms with Crippen molar-refractivity contribution in [2.45, 2.75) is 32.5 Å². The lowest BCUT2D eigenvalue weighted by molar-refractivity contribution is -0.129. The Labute approximate surface area is 171 Å². The monoisotopic (exact) mass is 416 g/mol. The minimum atomic E-state index is -1.19. The lowest BCUT2D eigenvalue weighted by atomic mass is 10.1. The highest BCUT2D eigenvalue weighted by Crippen LogP contribution is 2.18. The summed E-state index contributed by atoms with van der Waals surface area (Å²) in [4.78, 5) is 37.4. The Hall–Kier alpha value is -3.49. The SMILES string of the molecule is CCn1c(=O)n(CCC(=O)NC(C(=O)NC)c2ccc(F)c(F)c2)c2ccccc21. The molecular weight excluding hydrogens is 394 g/mol. The summed E-state index contributed by atoms with van der Waals surface area (Å²) in [5.41, 5.74) is 1.37. The van der Waals surface area contributed by atoms with E-state index in [2.05, 4.69) is 10.6 Å². The van der Waals surface area contributed by atoms with Crippen LogP contribution in [-0.4, -0.2) is 28.0 Å². The van der Waals surface area contributed by atoms with Gasteiger partial charge in [-0.25, -0.2) is 13.6 Å². The predicted molar refractivity (Wildman–Crippen MR) is 108 cm³/mol. The van der Waals surface area contributed by atoms with E-state index in [1.165, 1.54) is 17.7 Å². The Morgan fingerprint density at radius 1 is 1.03 bits per heavy atom. The molecule has 2 N–H and O–H groups in total. The highest BCUT2D eigenvalue weighted by Gasteiger charge is 2.23. The second-order valence-electron chi connectivity index (χ2n) is 6.71. The van der Waals surface area contributed by atoms with E-state index in [1.807, 2.05) is 25.1 Å². The minimum Gasteiger partial charge on any atom is -0.357 e. The van der Waals surface area contributed by atoms with E-state index < -0.39 is 29.5 Å². The molecule has 0 aliphatic carbocycles. The lowest BCUT2D eigenvalue weighted by Crippen LogP contribution is -2.39. The Balaban J connectivity index is 1.79. The van der Waals surface area contributed by atoms with E-state index in [0.717, 1.165) is 17.6 Å². The number of nitrogens with one attached hydrogen (secondary N) is 2.